The van der Waals surface area contributed by atoms with Crippen LogP contribution in [0.4, 0.5) is 0 Å². The van der Waals surface area contributed by atoms with E-state index in [1.165, 1.54) is 0 Å². The number of ketones is 2. The molecule has 1 unspecified atom stereocenters. The fraction of sp³-hybridized carbons (Fsp3) is 0.818. The first kappa shape index (κ1) is 16.4. The Balaban J connectivity index is 0. The third-order valence-electron chi connectivity index (χ3n) is 2.07. The number of rotatable bonds is 4. The van der Waals surface area contributed by atoms with Crippen molar-refractivity contribution in [2.24, 2.45) is 11.3 Å². The van der Waals surface area contributed by atoms with E-state index in [9.17, 15) is 9.59 Å². The van der Waals surface area contributed by atoms with E-state index in [1.54, 1.807) is 20.8 Å². The second kappa shape index (κ2) is 6.45. The van der Waals surface area contributed by atoms with E-state index in [4.69, 9.17) is 0 Å². The average molecular weight is 285 g/mol. The van der Waals surface area contributed by atoms with E-state index < -0.39 is 5.41 Å². The molecule has 14 heavy (non-hydrogen) atoms. The van der Waals surface area contributed by atoms with Crippen LogP contribution in [0.3, 0.4) is 0 Å². The summed E-state index contributed by atoms with van der Waals surface area (Å²) in [6.07, 6.45) is 1.75. The topological polar surface area (TPSA) is 34.1 Å². The second-order valence-electron chi connectivity index (χ2n) is 4.63. The van der Waals surface area contributed by atoms with Crippen LogP contribution >= 0.6 is 0 Å². The summed E-state index contributed by atoms with van der Waals surface area (Å²) in [6, 6.07) is 0. The number of hydrogen-bond donors (Lipinski definition) is 0. The zero-order valence-electron chi connectivity index (χ0n) is 9.66. The fourth-order valence-electron chi connectivity index (χ4n) is 1.16. The van der Waals surface area contributed by atoms with Crippen molar-refractivity contribution in [3.8, 4) is 0 Å². The van der Waals surface area contributed by atoms with Gasteiger partial charge in [0, 0.05) is 30.8 Å². The molecule has 0 aromatic heterocycles. The minimum absolute atomic E-state index is 0. The SMILES string of the molecule is CCCC(C)C(=O)C(=O)C(C)(C)C.[Ru]. The van der Waals surface area contributed by atoms with Crippen molar-refractivity contribution in [2.75, 3.05) is 0 Å². The molecule has 0 aliphatic carbocycles. The standard InChI is InChI=1S/C11H20O2.Ru/c1-6-7-8(2)9(12)10(13)11(3,4)5;/h8H,6-7H2,1-5H3;. The van der Waals surface area contributed by atoms with E-state index in [2.05, 4.69) is 0 Å². The summed E-state index contributed by atoms with van der Waals surface area (Å²) < 4.78 is 0. The molecule has 0 aliphatic heterocycles. The van der Waals surface area contributed by atoms with Gasteiger partial charge in [-0.2, -0.15) is 0 Å². The van der Waals surface area contributed by atoms with Crippen LogP contribution in [-0.2, 0) is 29.1 Å². The summed E-state index contributed by atoms with van der Waals surface area (Å²) in [5.74, 6) is -0.570. The molecule has 0 spiro atoms. The van der Waals surface area contributed by atoms with Gasteiger partial charge in [-0.25, -0.2) is 0 Å². The van der Waals surface area contributed by atoms with Crippen LogP contribution in [0, 0.1) is 11.3 Å². The molecule has 2 nitrogen and oxygen atoms in total. The number of Topliss-reactive ketones (excluding diaryl/α,β-unsaturated/α-hetero) is 2. The van der Waals surface area contributed by atoms with Crippen molar-refractivity contribution >= 4 is 11.6 Å². The van der Waals surface area contributed by atoms with Crippen molar-refractivity contribution in [3.05, 3.63) is 0 Å². The van der Waals surface area contributed by atoms with Gasteiger partial charge in [0.05, 0.1) is 0 Å². The zero-order valence-corrected chi connectivity index (χ0v) is 11.4. The summed E-state index contributed by atoms with van der Waals surface area (Å²) >= 11 is 0. The monoisotopic (exact) mass is 286 g/mol. The van der Waals surface area contributed by atoms with E-state index in [0.29, 0.717) is 0 Å². The van der Waals surface area contributed by atoms with Crippen molar-refractivity contribution in [3.63, 3.8) is 0 Å². The van der Waals surface area contributed by atoms with Crippen molar-refractivity contribution in [1.82, 2.24) is 0 Å². The molecule has 0 fully saturated rings. The third-order valence-corrected chi connectivity index (χ3v) is 2.07. The molecule has 84 valence electrons. The van der Waals surface area contributed by atoms with E-state index in [1.807, 2.05) is 13.8 Å². The van der Waals surface area contributed by atoms with Crippen LogP contribution in [0.1, 0.15) is 47.5 Å². The molecule has 0 heterocycles. The van der Waals surface area contributed by atoms with Crippen LogP contribution in [0.15, 0.2) is 0 Å². The van der Waals surface area contributed by atoms with Crippen LogP contribution in [0.2, 0.25) is 0 Å². The number of hydrogen-bond acceptors (Lipinski definition) is 2. The Morgan fingerprint density at radius 3 is 1.93 bits per heavy atom. The van der Waals surface area contributed by atoms with Crippen molar-refractivity contribution in [1.29, 1.82) is 0 Å². The normalized spacial score (nSPS) is 12.9. The van der Waals surface area contributed by atoms with Gasteiger partial charge in [0.15, 0.2) is 0 Å². The summed E-state index contributed by atoms with van der Waals surface area (Å²) in [6.45, 7) is 9.20. The summed E-state index contributed by atoms with van der Waals surface area (Å²) in [7, 11) is 0. The first-order chi connectivity index (χ1) is 5.80. The quantitative estimate of drug-likeness (QED) is 0.588. The average Bonchev–Trinajstić information content (AvgIpc) is 2.00. The molecule has 0 amide bonds. The predicted molar refractivity (Wildman–Crippen MR) is 53.5 cm³/mol. The third kappa shape index (κ3) is 5.00. The molecule has 0 saturated carbocycles. The van der Waals surface area contributed by atoms with Gasteiger partial charge in [0.1, 0.15) is 0 Å². The minimum Gasteiger partial charge on any atom is -0.291 e. The first-order valence-electron chi connectivity index (χ1n) is 4.89. The van der Waals surface area contributed by atoms with Crippen LogP contribution in [0.5, 0.6) is 0 Å². The molecule has 0 aliphatic rings. The van der Waals surface area contributed by atoms with E-state index in [0.717, 1.165) is 12.8 Å². The van der Waals surface area contributed by atoms with E-state index >= 15 is 0 Å². The maximum Gasteiger partial charge on any atom is 0.203 e. The number of carbonyl (C=O) groups is 2. The van der Waals surface area contributed by atoms with Gasteiger partial charge in [0.2, 0.25) is 11.6 Å². The molecule has 0 rings (SSSR count). The summed E-state index contributed by atoms with van der Waals surface area (Å²) in [4.78, 5) is 23.1. The van der Waals surface area contributed by atoms with Gasteiger partial charge in [-0.3, -0.25) is 9.59 Å². The van der Waals surface area contributed by atoms with Crippen molar-refractivity contribution in [2.45, 2.75) is 47.5 Å². The predicted octanol–water partition coefficient (Wildman–Crippen LogP) is 2.60. The fourth-order valence-corrected chi connectivity index (χ4v) is 1.16. The molecule has 0 saturated heterocycles. The Morgan fingerprint density at radius 1 is 1.21 bits per heavy atom. The summed E-state index contributed by atoms with van der Waals surface area (Å²) in [5.41, 5.74) is -0.529. The summed E-state index contributed by atoms with van der Waals surface area (Å²) in [5, 5.41) is 0. The maximum atomic E-state index is 11.5. The van der Waals surface area contributed by atoms with Crippen LogP contribution in [-0.4, -0.2) is 11.6 Å². The van der Waals surface area contributed by atoms with Gasteiger partial charge >= 0.3 is 0 Å². The maximum absolute atomic E-state index is 11.5. The molecule has 0 radical (unpaired) electrons. The Bertz CT molecular complexity index is 204. The Labute approximate surface area is 99.6 Å². The molecule has 0 N–H and O–H groups in total. The molecule has 1 atom stereocenters. The Hall–Kier alpha value is -0.0366. The van der Waals surface area contributed by atoms with Gasteiger partial charge in [-0.15, -0.1) is 0 Å². The zero-order chi connectivity index (χ0) is 10.6. The largest absolute Gasteiger partial charge is 0.291 e. The molecule has 0 aromatic carbocycles. The van der Waals surface area contributed by atoms with Crippen molar-refractivity contribution < 1.29 is 29.1 Å². The molecular formula is C11H20O2Ru. The second-order valence-corrected chi connectivity index (χ2v) is 4.63. The first-order valence-corrected chi connectivity index (χ1v) is 4.89. The molecule has 0 aromatic rings. The molecule has 0 bridgehead atoms. The van der Waals surface area contributed by atoms with Gasteiger partial charge < -0.3 is 0 Å². The smallest absolute Gasteiger partial charge is 0.203 e. The number of carbonyl (C=O) groups excluding carboxylic acids is 2. The molecule has 3 heteroatoms. The van der Waals surface area contributed by atoms with E-state index in [-0.39, 0.29) is 37.0 Å². The van der Waals surface area contributed by atoms with Gasteiger partial charge in [-0.1, -0.05) is 41.0 Å². The van der Waals surface area contributed by atoms with Crippen LogP contribution in [0.25, 0.3) is 0 Å². The van der Waals surface area contributed by atoms with Gasteiger partial charge in [0.25, 0.3) is 0 Å². The Morgan fingerprint density at radius 2 is 1.64 bits per heavy atom. The minimum atomic E-state index is -0.529. The Kier molecular flexibility index (Phi) is 7.55. The van der Waals surface area contributed by atoms with Crippen LogP contribution < -0.4 is 0 Å². The molecular weight excluding hydrogens is 265 g/mol. The van der Waals surface area contributed by atoms with Gasteiger partial charge in [-0.05, 0) is 6.42 Å².